The van der Waals surface area contributed by atoms with E-state index in [1.807, 2.05) is 0 Å². The highest BCUT2D eigenvalue weighted by Crippen LogP contribution is 2.19. The van der Waals surface area contributed by atoms with Gasteiger partial charge in [0.15, 0.2) is 0 Å². The number of methoxy groups -OCH3 is 1. The third kappa shape index (κ3) is 5.84. The molecule has 1 unspecified atom stereocenters. The van der Waals surface area contributed by atoms with Gasteiger partial charge < -0.3 is 10.1 Å². The molecule has 0 aromatic heterocycles. The van der Waals surface area contributed by atoms with Crippen molar-refractivity contribution in [2.24, 2.45) is 0 Å². The van der Waals surface area contributed by atoms with Crippen LogP contribution in [0.5, 0.6) is 0 Å². The Morgan fingerprint density at radius 3 is 2.53 bits per heavy atom. The molecule has 0 amide bonds. The zero-order chi connectivity index (χ0) is 12.7. The topological polar surface area (TPSA) is 24.5 Å². The van der Waals surface area contributed by atoms with E-state index in [0.717, 1.165) is 25.7 Å². The Morgan fingerprint density at radius 2 is 2.06 bits per heavy atom. The fourth-order valence-electron chi connectivity index (χ4n) is 2.37. The minimum Gasteiger partial charge on any atom is -0.383 e. The van der Waals surface area contributed by atoms with E-state index >= 15 is 0 Å². The summed E-state index contributed by atoms with van der Waals surface area (Å²) in [5.41, 5.74) is 0. The second-order valence-corrected chi connectivity index (χ2v) is 5.45. The number of nitrogens with one attached hydrogen (secondary N) is 1. The molecule has 0 aromatic rings. The molecular weight excluding hydrogens is 212 g/mol. The van der Waals surface area contributed by atoms with Crippen LogP contribution in [-0.4, -0.2) is 49.8 Å². The van der Waals surface area contributed by atoms with Gasteiger partial charge in [-0.3, -0.25) is 4.90 Å². The molecule has 1 rings (SSSR count). The Labute approximate surface area is 107 Å². The minimum atomic E-state index is 0.600. The molecule has 3 nitrogen and oxygen atoms in total. The first-order valence-corrected chi connectivity index (χ1v) is 7.17. The van der Waals surface area contributed by atoms with Crippen LogP contribution in [0.3, 0.4) is 0 Å². The normalized spacial score (nSPS) is 18.0. The molecule has 0 saturated heterocycles. The van der Waals surface area contributed by atoms with Crippen molar-refractivity contribution in [3.05, 3.63) is 0 Å². The molecular formula is C14H30N2O. The fraction of sp³-hybridized carbons (Fsp3) is 1.00. The first-order chi connectivity index (χ1) is 8.19. The number of hydrogen-bond acceptors (Lipinski definition) is 3. The number of ether oxygens (including phenoxy) is 1. The van der Waals surface area contributed by atoms with E-state index in [1.165, 1.54) is 25.7 Å². The molecule has 0 aliphatic heterocycles. The summed E-state index contributed by atoms with van der Waals surface area (Å²) in [6.07, 6.45) is 5.28. The molecule has 1 saturated carbocycles. The fourth-order valence-corrected chi connectivity index (χ4v) is 2.37. The van der Waals surface area contributed by atoms with Crippen LogP contribution in [-0.2, 0) is 4.74 Å². The summed E-state index contributed by atoms with van der Waals surface area (Å²) in [5.74, 6) is 0. The number of nitrogens with zero attached hydrogens (tertiary/aromatic N) is 1. The molecule has 0 radical (unpaired) electrons. The molecule has 1 N–H and O–H groups in total. The van der Waals surface area contributed by atoms with Crippen molar-refractivity contribution >= 4 is 0 Å². The van der Waals surface area contributed by atoms with Gasteiger partial charge in [-0.25, -0.2) is 0 Å². The minimum absolute atomic E-state index is 0.600. The molecule has 17 heavy (non-hydrogen) atoms. The van der Waals surface area contributed by atoms with Crippen LogP contribution in [0.15, 0.2) is 0 Å². The van der Waals surface area contributed by atoms with Gasteiger partial charge in [0, 0.05) is 38.3 Å². The van der Waals surface area contributed by atoms with Gasteiger partial charge in [-0.15, -0.1) is 0 Å². The van der Waals surface area contributed by atoms with Crippen molar-refractivity contribution in [2.75, 3.05) is 26.8 Å². The highest BCUT2D eigenvalue weighted by atomic mass is 16.5. The van der Waals surface area contributed by atoms with Crippen LogP contribution >= 0.6 is 0 Å². The van der Waals surface area contributed by atoms with E-state index < -0.39 is 0 Å². The SMILES string of the molecule is CCCC(CNC1CC1)N(CCOC)C(C)C. The molecule has 3 heteroatoms. The Morgan fingerprint density at radius 1 is 1.35 bits per heavy atom. The lowest BCUT2D eigenvalue weighted by Gasteiger charge is -2.35. The molecule has 0 spiro atoms. The van der Waals surface area contributed by atoms with Gasteiger partial charge in [0.1, 0.15) is 0 Å². The smallest absolute Gasteiger partial charge is 0.0589 e. The lowest BCUT2D eigenvalue weighted by atomic mass is 10.1. The largest absolute Gasteiger partial charge is 0.383 e. The van der Waals surface area contributed by atoms with Gasteiger partial charge >= 0.3 is 0 Å². The van der Waals surface area contributed by atoms with E-state index in [-0.39, 0.29) is 0 Å². The Kier molecular flexibility index (Phi) is 7.09. The summed E-state index contributed by atoms with van der Waals surface area (Å²) in [7, 11) is 1.79. The average Bonchev–Trinajstić information content (AvgIpc) is 3.09. The zero-order valence-electron chi connectivity index (χ0n) is 12.0. The molecule has 0 aromatic carbocycles. The third-order valence-electron chi connectivity index (χ3n) is 3.53. The molecule has 1 aliphatic rings. The molecule has 1 fully saturated rings. The second kappa shape index (κ2) is 8.06. The zero-order valence-corrected chi connectivity index (χ0v) is 12.0. The maximum absolute atomic E-state index is 5.23. The predicted molar refractivity (Wildman–Crippen MR) is 73.4 cm³/mol. The van der Waals surface area contributed by atoms with E-state index in [4.69, 9.17) is 4.74 Å². The van der Waals surface area contributed by atoms with Gasteiger partial charge in [0.05, 0.1) is 6.61 Å². The molecule has 1 aliphatic carbocycles. The summed E-state index contributed by atoms with van der Waals surface area (Å²) in [4.78, 5) is 2.59. The summed E-state index contributed by atoms with van der Waals surface area (Å²) in [6, 6.07) is 2.07. The van der Waals surface area contributed by atoms with E-state index in [2.05, 4.69) is 31.0 Å². The third-order valence-corrected chi connectivity index (χ3v) is 3.53. The predicted octanol–water partition coefficient (Wildman–Crippen LogP) is 2.26. The Bertz CT molecular complexity index is 193. The van der Waals surface area contributed by atoms with Crippen LogP contribution in [0, 0.1) is 0 Å². The van der Waals surface area contributed by atoms with Crippen molar-refractivity contribution < 1.29 is 4.74 Å². The van der Waals surface area contributed by atoms with Crippen LogP contribution in [0.2, 0.25) is 0 Å². The first kappa shape index (κ1) is 14.9. The van der Waals surface area contributed by atoms with Gasteiger partial charge in [-0.2, -0.15) is 0 Å². The van der Waals surface area contributed by atoms with Crippen molar-refractivity contribution in [2.45, 2.75) is 64.6 Å². The van der Waals surface area contributed by atoms with Crippen LogP contribution in [0.1, 0.15) is 46.5 Å². The van der Waals surface area contributed by atoms with E-state index in [9.17, 15) is 0 Å². The Balaban J connectivity index is 2.41. The summed E-state index contributed by atoms with van der Waals surface area (Å²) in [6.45, 7) is 9.87. The van der Waals surface area contributed by atoms with Crippen molar-refractivity contribution in [1.82, 2.24) is 10.2 Å². The lowest BCUT2D eigenvalue weighted by Crippen LogP contribution is -2.47. The highest BCUT2D eigenvalue weighted by Gasteiger charge is 2.25. The molecule has 0 heterocycles. The van der Waals surface area contributed by atoms with Crippen LogP contribution in [0.4, 0.5) is 0 Å². The van der Waals surface area contributed by atoms with Crippen LogP contribution in [0.25, 0.3) is 0 Å². The quantitative estimate of drug-likeness (QED) is 0.636. The van der Waals surface area contributed by atoms with E-state index in [1.54, 1.807) is 7.11 Å². The standard InChI is InChI=1S/C14H30N2O/c1-5-6-14(11-15-13-7-8-13)16(12(2)3)9-10-17-4/h12-15H,5-11H2,1-4H3. The maximum atomic E-state index is 5.23. The number of hydrogen-bond donors (Lipinski definition) is 1. The monoisotopic (exact) mass is 242 g/mol. The first-order valence-electron chi connectivity index (χ1n) is 7.17. The van der Waals surface area contributed by atoms with E-state index in [0.29, 0.717) is 12.1 Å². The van der Waals surface area contributed by atoms with Crippen molar-refractivity contribution in [3.8, 4) is 0 Å². The lowest BCUT2D eigenvalue weighted by molar-refractivity contribution is 0.0904. The van der Waals surface area contributed by atoms with Crippen LogP contribution < -0.4 is 5.32 Å². The highest BCUT2D eigenvalue weighted by molar-refractivity contribution is 4.85. The van der Waals surface area contributed by atoms with Gasteiger partial charge in [-0.1, -0.05) is 13.3 Å². The molecule has 102 valence electrons. The van der Waals surface area contributed by atoms with Crippen molar-refractivity contribution in [3.63, 3.8) is 0 Å². The van der Waals surface area contributed by atoms with Gasteiger partial charge in [0.2, 0.25) is 0 Å². The van der Waals surface area contributed by atoms with Gasteiger partial charge in [-0.05, 0) is 33.1 Å². The van der Waals surface area contributed by atoms with Gasteiger partial charge in [0.25, 0.3) is 0 Å². The molecule has 0 bridgehead atoms. The van der Waals surface area contributed by atoms with Crippen molar-refractivity contribution in [1.29, 1.82) is 0 Å². The Hall–Kier alpha value is -0.120. The average molecular weight is 242 g/mol. The summed E-state index contributed by atoms with van der Waals surface area (Å²) in [5, 5.41) is 3.67. The maximum Gasteiger partial charge on any atom is 0.0589 e. The summed E-state index contributed by atoms with van der Waals surface area (Å²) >= 11 is 0. The second-order valence-electron chi connectivity index (χ2n) is 5.45. The summed E-state index contributed by atoms with van der Waals surface area (Å²) < 4.78 is 5.23. The molecule has 1 atom stereocenters. The number of rotatable bonds is 10.